The summed E-state index contributed by atoms with van der Waals surface area (Å²) in [5, 5.41) is 5.47. The minimum Gasteiger partial charge on any atom is -0.495 e. The predicted molar refractivity (Wildman–Crippen MR) is 111 cm³/mol. The summed E-state index contributed by atoms with van der Waals surface area (Å²) in [6, 6.07) is 8.54. The molecule has 0 bridgehead atoms. The molecule has 0 fully saturated rings. The lowest BCUT2D eigenvalue weighted by Crippen LogP contribution is -2.54. The summed E-state index contributed by atoms with van der Waals surface area (Å²) in [5.41, 5.74) is 6.76. The van der Waals surface area contributed by atoms with Gasteiger partial charge in [-0.05, 0) is 35.4 Å². The molecule has 0 aliphatic heterocycles. The van der Waals surface area contributed by atoms with E-state index >= 15 is 0 Å². The second-order valence-electron chi connectivity index (χ2n) is 6.72. The van der Waals surface area contributed by atoms with Crippen LogP contribution in [0.15, 0.2) is 42.5 Å². The Bertz CT molecular complexity index is 921. The Labute approximate surface area is 178 Å². The molecule has 3 amide bonds. The van der Waals surface area contributed by atoms with E-state index in [1.165, 1.54) is 38.3 Å². The molecule has 2 atom stereocenters. The van der Waals surface area contributed by atoms with Gasteiger partial charge in [0.05, 0.1) is 12.1 Å². The average molecular weight is 436 g/mol. The van der Waals surface area contributed by atoms with Gasteiger partial charge in [0, 0.05) is 19.8 Å². The van der Waals surface area contributed by atoms with Crippen LogP contribution in [0.5, 0.6) is 5.75 Å². The Morgan fingerprint density at radius 3 is 2.17 bits per heavy atom. The van der Waals surface area contributed by atoms with Gasteiger partial charge in [-0.25, -0.2) is 4.39 Å². The molecule has 2 rings (SSSR count). The summed E-state index contributed by atoms with van der Waals surface area (Å²) in [7, 11) is 1.48. The molecule has 0 saturated heterocycles. The van der Waals surface area contributed by atoms with Crippen molar-refractivity contribution < 1.29 is 23.5 Å². The summed E-state index contributed by atoms with van der Waals surface area (Å²) in [4.78, 5) is 36.2. The molecule has 0 saturated carbocycles. The largest absolute Gasteiger partial charge is 0.495 e. The third kappa shape index (κ3) is 6.73. The molecule has 160 valence electrons. The molecule has 2 aromatic rings. The molecule has 0 heterocycles. The third-order valence-electron chi connectivity index (χ3n) is 4.36. The number of hydrogen-bond acceptors (Lipinski definition) is 4. The van der Waals surface area contributed by atoms with E-state index in [1.54, 1.807) is 18.2 Å². The summed E-state index contributed by atoms with van der Waals surface area (Å²) in [5.74, 6) is -1.68. The maximum Gasteiger partial charge on any atom is 0.243 e. The highest BCUT2D eigenvalue weighted by atomic mass is 35.5. The Balaban J connectivity index is 2.14. The van der Waals surface area contributed by atoms with Crippen molar-refractivity contribution in [2.24, 2.45) is 5.73 Å². The number of carbonyl (C=O) groups is 3. The number of hydrogen-bond donors (Lipinski definition) is 3. The number of methoxy groups -OCH3 is 1. The van der Waals surface area contributed by atoms with E-state index in [2.05, 4.69) is 10.6 Å². The first-order valence-electron chi connectivity index (χ1n) is 9.13. The van der Waals surface area contributed by atoms with Gasteiger partial charge in [-0.3, -0.25) is 14.4 Å². The van der Waals surface area contributed by atoms with Crippen molar-refractivity contribution in [3.8, 4) is 5.75 Å². The fraction of sp³-hybridized carbons (Fsp3) is 0.286. The number of halogens is 2. The van der Waals surface area contributed by atoms with Crippen LogP contribution in [0.2, 0.25) is 5.02 Å². The van der Waals surface area contributed by atoms with Gasteiger partial charge in [-0.15, -0.1) is 0 Å². The van der Waals surface area contributed by atoms with E-state index < -0.39 is 35.6 Å². The minimum atomic E-state index is -1.02. The molecular weight excluding hydrogens is 413 g/mol. The van der Waals surface area contributed by atoms with E-state index in [0.29, 0.717) is 21.9 Å². The average Bonchev–Trinajstić information content (AvgIpc) is 2.68. The van der Waals surface area contributed by atoms with Gasteiger partial charge in [-0.1, -0.05) is 29.8 Å². The van der Waals surface area contributed by atoms with Crippen molar-refractivity contribution in [3.63, 3.8) is 0 Å². The van der Waals surface area contributed by atoms with Crippen molar-refractivity contribution in [2.45, 2.75) is 31.8 Å². The molecule has 0 radical (unpaired) electrons. The van der Waals surface area contributed by atoms with Crippen LogP contribution in [0.25, 0.3) is 0 Å². The zero-order valence-corrected chi connectivity index (χ0v) is 17.3. The lowest BCUT2D eigenvalue weighted by Gasteiger charge is -2.22. The molecule has 0 spiro atoms. The van der Waals surface area contributed by atoms with Gasteiger partial charge in [-0.2, -0.15) is 0 Å². The molecule has 9 heteroatoms. The van der Waals surface area contributed by atoms with Gasteiger partial charge >= 0.3 is 0 Å². The first-order valence-corrected chi connectivity index (χ1v) is 9.51. The van der Waals surface area contributed by atoms with Crippen molar-refractivity contribution in [3.05, 3.63) is 64.4 Å². The van der Waals surface area contributed by atoms with E-state index in [4.69, 9.17) is 22.1 Å². The monoisotopic (exact) mass is 435 g/mol. The Morgan fingerprint density at radius 1 is 1.03 bits per heavy atom. The van der Waals surface area contributed by atoms with Gasteiger partial charge < -0.3 is 21.1 Å². The number of benzene rings is 2. The zero-order chi connectivity index (χ0) is 22.3. The third-order valence-corrected chi connectivity index (χ3v) is 4.66. The van der Waals surface area contributed by atoms with Crippen LogP contribution >= 0.6 is 11.6 Å². The SMILES string of the molecule is COc1ccc(C[C@@H](NC(=O)[C@H](Cc2ccc(F)cc2)NC(C)=O)C(N)=O)cc1Cl. The van der Waals surface area contributed by atoms with E-state index in [9.17, 15) is 18.8 Å². The number of amides is 3. The smallest absolute Gasteiger partial charge is 0.243 e. The number of nitrogens with one attached hydrogen (secondary N) is 2. The maximum absolute atomic E-state index is 13.1. The van der Waals surface area contributed by atoms with E-state index in [1.807, 2.05) is 0 Å². The molecule has 2 aromatic carbocycles. The van der Waals surface area contributed by atoms with Crippen molar-refractivity contribution in [1.82, 2.24) is 10.6 Å². The molecular formula is C21H23ClFN3O4. The number of ether oxygens (including phenoxy) is 1. The predicted octanol–water partition coefficient (Wildman–Crippen LogP) is 1.75. The van der Waals surface area contributed by atoms with Crippen LogP contribution in [0, 0.1) is 5.82 Å². The quantitative estimate of drug-likeness (QED) is 0.557. The second kappa shape index (κ2) is 10.6. The molecule has 30 heavy (non-hydrogen) atoms. The molecule has 0 unspecified atom stereocenters. The maximum atomic E-state index is 13.1. The standard InChI is InChI=1S/C21H23ClFN3O4/c1-12(27)25-18(10-13-3-6-15(23)7-4-13)21(29)26-17(20(24)28)11-14-5-8-19(30-2)16(22)9-14/h3-9,17-18H,10-11H2,1-2H3,(H2,24,28)(H,25,27)(H,26,29)/t17-,18+/m1/s1. The van der Waals surface area contributed by atoms with Crippen molar-refractivity contribution >= 4 is 29.3 Å². The van der Waals surface area contributed by atoms with Crippen LogP contribution < -0.4 is 21.1 Å². The number of rotatable bonds is 9. The fourth-order valence-electron chi connectivity index (χ4n) is 2.88. The Kier molecular flexibility index (Phi) is 8.17. The van der Waals surface area contributed by atoms with Crippen LogP contribution in [0.4, 0.5) is 4.39 Å². The fourth-order valence-corrected chi connectivity index (χ4v) is 3.16. The van der Waals surface area contributed by atoms with Gasteiger partial charge in [0.25, 0.3) is 0 Å². The summed E-state index contributed by atoms with van der Waals surface area (Å²) in [6.07, 6.45) is 0.222. The highest BCUT2D eigenvalue weighted by Crippen LogP contribution is 2.25. The van der Waals surface area contributed by atoms with E-state index in [-0.39, 0.29) is 12.8 Å². The van der Waals surface area contributed by atoms with Gasteiger partial charge in [0.1, 0.15) is 23.7 Å². The highest BCUT2D eigenvalue weighted by molar-refractivity contribution is 6.32. The summed E-state index contributed by atoms with van der Waals surface area (Å²) >= 11 is 6.10. The lowest BCUT2D eigenvalue weighted by molar-refractivity contribution is -0.130. The second-order valence-corrected chi connectivity index (χ2v) is 7.13. The first kappa shape index (κ1) is 23.2. The molecule has 0 aliphatic carbocycles. The van der Waals surface area contributed by atoms with Crippen LogP contribution in [0.3, 0.4) is 0 Å². The Hall–Kier alpha value is -3.13. The first-order chi connectivity index (χ1) is 14.2. The van der Waals surface area contributed by atoms with Crippen LogP contribution in [0.1, 0.15) is 18.1 Å². The van der Waals surface area contributed by atoms with Gasteiger partial charge in [0.15, 0.2) is 0 Å². The topological polar surface area (TPSA) is 111 Å². The van der Waals surface area contributed by atoms with Crippen LogP contribution in [-0.4, -0.2) is 36.9 Å². The van der Waals surface area contributed by atoms with Gasteiger partial charge in [0.2, 0.25) is 17.7 Å². The van der Waals surface area contributed by atoms with Crippen LogP contribution in [-0.2, 0) is 27.2 Å². The van der Waals surface area contributed by atoms with E-state index in [0.717, 1.165) is 0 Å². The molecule has 0 aliphatic rings. The lowest BCUT2D eigenvalue weighted by atomic mass is 10.0. The van der Waals surface area contributed by atoms with Crippen molar-refractivity contribution in [2.75, 3.05) is 7.11 Å². The molecule has 4 N–H and O–H groups in total. The number of primary amides is 1. The Morgan fingerprint density at radius 2 is 1.63 bits per heavy atom. The molecule has 7 nitrogen and oxygen atoms in total. The number of carbonyl (C=O) groups excluding carboxylic acids is 3. The zero-order valence-electron chi connectivity index (χ0n) is 16.6. The summed E-state index contributed by atoms with van der Waals surface area (Å²) in [6.45, 7) is 1.27. The number of nitrogens with two attached hydrogens (primary N) is 1. The van der Waals surface area contributed by atoms with Crippen molar-refractivity contribution in [1.29, 1.82) is 0 Å². The minimum absolute atomic E-state index is 0.105. The normalized spacial score (nSPS) is 12.5. The highest BCUT2D eigenvalue weighted by Gasteiger charge is 2.25. The summed E-state index contributed by atoms with van der Waals surface area (Å²) < 4.78 is 18.2. The molecule has 0 aromatic heterocycles.